The Morgan fingerprint density at radius 2 is 2.33 bits per heavy atom. The number of nitrogens with zero attached hydrogens (tertiary/aromatic N) is 2. The Balaban J connectivity index is 2.40. The molecule has 1 aromatic rings. The van der Waals surface area contributed by atoms with Crippen LogP contribution in [0.1, 0.15) is 12.1 Å². The zero-order valence-corrected chi connectivity index (χ0v) is 7.52. The van der Waals surface area contributed by atoms with E-state index in [0.29, 0.717) is 5.13 Å². The van der Waals surface area contributed by atoms with Crippen molar-refractivity contribution in [3.63, 3.8) is 0 Å². The van der Waals surface area contributed by atoms with Gasteiger partial charge in [0.15, 0.2) is 11.0 Å². The molecule has 0 aliphatic carbocycles. The van der Waals surface area contributed by atoms with Crippen LogP contribution in [-0.2, 0) is 11.2 Å². The van der Waals surface area contributed by atoms with Gasteiger partial charge in [0.05, 0.1) is 12.8 Å². The van der Waals surface area contributed by atoms with E-state index in [1.54, 1.807) is 7.11 Å². The van der Waals surface area contributed by atoms with Gasteiger partial charge in [0.1, 0.15) is 5.00 Å². The van der Waals surface area contributed by atoms with Crippen molar-refractivity contribution in [3.05, 3.63) is 5.69 Å². The number of ether oxygens (including phenoxy) is 1. The van der Waals surface area contributed by atoms with Crippen molar-refractivity contribution in [1.82, 2.24) is 4.98 Å². The highest BCUT2D eigenvalue weighted by molar-refractivity contribution is 7.19. The van der Waals surface area contributed by atoms with E-state index in [1.165, 1.54) is 11.3 Å². The first-order valence-corrected chi connectivity index (χ1v) is 4.48. The van der Waals surface area contributed by atoms with Crippen molar-refractivity contribution in [2.24, 2.45) is 4.99 Å². The second-order valence-electron chi connectivity index (χ2n) is 2.51. The molecule has 2 N–H and O–H groups in total. The van der Waals surface area contributed by atoms with Crippen molar-refractivity contribution < 1.29 is 4.74 Å². The van der Waals surface area contributed by atoms with E-state index in [4.69, 9.17) is 10.5 Å². The predicted molar refractivity (Wildman–Crippen MR) is 49.0 cm³/mol. The number of hydrogen-bond acceptors (Lipinski definition) is 5. The molecule has 0 spiro atoms. The third-order valence-electron chi connectivity index (χ3n) is 1.73. The van der Waals surface area contributed by atoms with Gasteiger partial charge in [-0.1, -0.05) is 11.3 Å². The molecule has 0 aromatic carbocycles. The highest BCUT2D eigenvalue weighted by Crippen LogP contribution is 2.33. The number of aromatic nitrogens is 1. The lowest BCUT2D eigenvalue weighted by Crippen LogP contribution is -2.06. The highest BCUT2D eigenvalue weighted by Gasteiger charge is 2.16. The first kappa shape index (κ1) is 7.54. The molecular weight excluding hydrogens is 174 g/mol. The van der Waals surface area contributed by atoms with E-state index in [2.05, 4.69) is 9.98 Å². The quantitative estimate of drug-likeness (QED) is 0.660. The molecular formula is C7H9N3OS. The first-order valence-electron chi connectivity index (χ1n) is 3.66. The predicted octanol–water partition coefficient (Wildman–Crippen LogP) is 1.35. The molecule has 0 saturated heterocycles. The number of anilines is 1. The van der Waals surface area contributed by atoms with Crippen LogP contribution in [0.2, 0.25) is 0 Å². The topological polar surface area (TPSA) is 60.5 Å². The number of methoxy groups -OCH3 is 1. The molecule has 1 aliphatic heterocycles. The number of rotatable bonds is 0. The molecule has 12 heavy (non-hydrogen) atoms. The zero-order valence-electron chi connectivity index (χ0n) is 6.70. The Bertz CT molecular complexity index is 331. The number of fused-ring (bicyclic) bond motifs is 1. The zero-order chi connectivity index (χ0) is 8.55. The summed E-state index contributed by atoms with van der Waals surface area (Å²) in [5.41, 5.74) is 6.54. The summed E-state index contributed by atoms with van der Waals surface area (Å²) in [5.74, 6) is 0.770. The Morgan fingerprint density at radius 3 is 3.08 bits per heavy atom. The molecule has 64 valence electrons. The van der Waals surface area contributed by atoms with E-state index < -0.39 is 0 Å². The van der Waals surface area contributed by atoms with Crippen molar-refractivity contribution >= 4 is 27.4 Å². The summed E-state index contributed by atoms with van der Waals surface area (Å²) in [7, 11) is 1.63. The molecule has 1 aromatic heterocycles. The minimum Gasteiger partial charge on any atom is -0.484 e. The van der Waals surface area contributed by atoms with Crippen LogP contribution in [0.3, 0.4) is 0 Å². The van der Waals surface area contributed by atoms with Gasteiger partial charge < -0.3 is 10.5 Å². The van der Waals surface area contributed by atoms with Crippen LogP contribution >= 0.6 is 11.3 Å². The van der Waals surface area contributed by atoms with Crippen LogP contribution in [0, 0.1) is 0 Å². The summed E-state index contributed by atoms with van der Waals surface area (Å²) in [6.45, 7) is 0. The summed E-state index contributed by atoms with van der Waals surface area (Å²) >= 11 is 1.41. The van der Waals surface area contributed by atoms with Gasteiger partial charge in [-0.05, 0) is 0 Å². The number of aryl methyl sites for hydroxylation is 1. The van der Waals surface area contributed by atoms with Crippen LogP contribution in [0.25, 0.3) is 0 Å². The average Bonchev–Trinajstić information content (AvgIpc) is 2.43. The van der Waals surface area contributed by atoms with Crippen molar-refractivity contribution in [1.29, 1.82) is 0 Å². The smallest absolute Gasteiger partial charge is 0.189 e. The Labute approximate surface area is 74.1 Å². The summed E-state index contributed by atoms with van der Waals surface area (Å²) in [6.07, 6.45) is 1.71. The number of hydrogen-bond donors (Lipinski definition) is 1. The Morgan fingerprint density at radius 1 is 1.50 bits per heavy atom. The molecule has 0 atom stereocenters. The maximum atomic E-state index is 5.54. The van der Waals surface area contributed by atoms with Gasteiger partial charge in [0, 0.05) is 12.8 Å². The van der Waals surface area contributed by atoms with Crippen molar-refractivity contribution in [3.8, 4) is 0 Å². The number of thiazole rings is 1. The van der Waals surface area contributed by atoms with Gasteiger partial charge >= 0.3 is 0 Å². The van der Waals surface area contributed by atoms with Crippen LogP contribution in [-0.4, -0.2) is 18.0 Å². The largest absolute Gasteiger partial charge is 0.484 e. The normalized spacial score (nSPS) is 15.2. The number of nitrogen functional groups attached to an aromatic ring is 1. The van der Waals surface area contributed by atoms with Crippen LogP contribution in [0.5, 0.6) is 0 Å². The van der Waals surface area contributed by atoms with Gasteiger partial charge in [0.2, 0.25) is 0 Å². The second-order valence-corrected chi connectivity index (χ2v) is 3.52. The van der Waals surface area contributed by atoms with Crippen LogP contribution < -0.4 is 5.73 Å². The summed E-state index contributed by atoms with van der Waals surface area (Å²) in [4.78, 5) is 8.41. The summed E-state index contributed by atoms with van der Waals surface area (Å²) in [6, 6.07) is 0. The lowest BCUT2D eigenvalue weighted by Gasteiger charge is -2.08. The molecule has 0 radical (unpaired) electrons. The summed E-state index contributed by atoms with van der Waals surface area (Å²) < 4.78 is 5.05. The van der Waals surface area contributed by atoms with E-state index in [-0.39, 0.29) is 0 Å². The van der Waals surface area contributed by atoms with E-state index >= 15 is 0 Å². The van der Waals surface area contributed by atoms with Crippen LogP contribution in [0.15, 0.2) is 4.99 Å². The van der Waals surface area contributed by atoms with Gasteiger partial charge in [-0.25, -0.2) is 9.98 Å². The Hall–Kier alpha value is -1.10. The fourth-order valence-corrected chi connectivity index (χ4v) is 1.92. The molecule has 0 bridgehead atoms. The van der Waals surface area contributed by atoms with Crippen LogP contribution in [0.4, 0.5) is 10.1 Å². The number of aliphatic imine (C=N–C) groups is 1. The minimum atomic E-state index is 0.584. The highest BCUT2D eigenvalue weighted by atomic mass is 32.1. The van der Waals surface area contributed by atoms with Crippen molar-refractivity contribution in [2.45, 2.75) is 12.8 Å². The standard InChI is InChI=1S/C7H9N3OS/c1-11-5-3-2-4-6(10-5)12-7(8)9-4/h2-3H2,1H3,(H2,8,9). The molecule has 0 saturated carbocycles. The maximum absolute atomic E-state index is 5.54. The van der Waals surface area contributed by atoms with E-state index in [1.807, 2.05) is 0 Å². The SMILES string of the molecule is COC1=Nc2sc(N)nc2CC1. The fraction of sp³-hybridized carbons (Fsp3) is 0.429. The molecule has 2 heterocycles. The molecule has 4 nitrogen and oxygen atoms in total. The molecule has 1 aliphatic rings. The van der Waals surface area contributed by atoms with E-state index in [9.17, 15) is 0 Å². The monoisotopic (exact) mass is 183 g/mol. The molecule has 0 unspecified atom stereocenters. The van der Waals surface area contributed by atoms with Gasteiger partial charge in [-0.15, -0.1) is 0 Å². The maximum Gasteiger partial charge on any atom is 0.189 e. The molecule has 0 amide bonds. The Kier molecular flexibility index (Phi) is 1.73. The third kappa shape index (κ3) is 1.16. The molecule has 2 rings (SSSR count). The van der Waals surface area contributed by atoms with E-state index in [0.717, 1.165) is 29.4 Å². The fourth-order valence-electron chi connectivity index (χ4n) is 1.15. The average molecular weight is 183 g/mol. The van der Waals surface area contributed by atoms with Gasteiger partial charge in [-0.2, -0.15) is 0 Å². The minimum absolute atomic E-state index is 0.584. The van der Waals surface area contributed by atoms with Crippen molar-refractivity contribution in [2.75, 3.05) is 12.8 Å². The van der Waals surface area contributed by atoms with Gasteiger partial charge in [-0.3, -0.25) is 0 Å². The molecule has 0 fully saturated rings. The first-order chi connectivity index (χ1) is 5.79. The number of nitrogens with two attached hydrogens (primary N) is 1. The lowest BCUT2D eigenvalue weighted by atomic mass is 10.2. The molecule has 5 heteroatoms. The lowest BCUT2D eigenvalue weighted by molar-refractivity contribution is 0.388. The summed E-state index contributed by atoms with van der Waals surface area (Å²) in [5, 5.41) is 1.48. The third-order valence-corrected chi connectivity index (χ3v) is 2.55. The van der Waals surface area contributed by atoms with Gasteiger partial charge in [0.25, 0.3) is 0 Å². The second kappa shape index (κ2) is 2.75.